The zero-order chi connectivity index (χ0) is 14.7. The highest BCUT2D eigenvalue weighted by molar-refractivity contribution is 9.10. The van der Waals surface area contributed by atoms with Gasteiger partial charge >= 0.3 is 0 Å². The first-order valence-electron chi connectivity index (χ1n) is 6.83. The normalized spacial score (nSPS) is 21.7. The third kappa shape index (κ3) is 3.87. The highest BCUT2D eigenvalue weighted by atomic mass is 79.9. The van der Waals surface area contributed by atoms with Crippen LogP contribution in [0.25, 0.3) is 0 Å². The summed E-state index contributed by atoms with van der Waals surface area (Å²) in [6, 6.07) is 4.37. The molecule has 0 bridgehead atoms. The molecular formula is C15H20BrFN2O. The average molecular weight is 343 g/mol. The van der Waals surface area contributed by atoms with Crippen LogP contribution in [-0.2, 0) is 11.2 Å². The standard InChI is InChI=1S/C15H20BrFN2O/c1-18-6-3-7-19(2)14(10-18)15(20)9-11-8-12(17)4-5-13(11)16/h4-5,8,14H,3,6-7,9-10H2,1-2H3. The molecule has 0 amide bonds. The van der Waals surface area contributed by atoms with Crippen LogP contribution >= 0.6 is 15.9 Å². The Kier molecular flexibility index (Phi) is 5.29. The van der Waals surface area contributed by atoms with Gasteiger partial charge < -0.3 is 4.90 Å². The van der Waals surface area contributed by atoms with Crippen molar-refractivity contribution in [1.29, 1.82) is 0 Å². The highest BCUT2D eigenvalue weighted by Gasteiger charge is 2.27. The predicted molar refractivity (Wildman–Crippen MR) is 81.3 cm³/mol. The molecule has 0 N–H and O–H groups in total. The monoisotopic (exact) mass is 342 g/mol. The van der Waals surface area contributed by atoms with Crippen LogP contribution in [0.15, 0.2) is 22.7 Å². The minimum Gasteiger partial charge on any atom is -0.304 e. The van der Waals surface area contributed by atoms with Crippen molar-refractivity contribution >= 4 is 21.7 Å². The summed E-state index contributed by atoms with van der Waals surface area (Å²) in [5, 5.41) is 0. The van der Waals surface area contributed by atoms with Gasteiger partial charge in [0.1, 0.15) is 5.82 Å². The van der Waals surface area contributed by atoms with Crippen LogP contribution in [0.3, 0.4) is 0 Å². The van der Waals surface area contributed by atoms with E-state index in [2.05, 4.69) is 25.7 Å². The van der Waals surface area contributed by atoms with Crippen molar-refractivity contribution in [2.24, 2.45) is 0 Å². The van der Waals surface area contributed by atoms with Crippen LogP contribution in [0.2, 0.25) is 0 Å². The molecule has 5 heteroatoms. The number of rotatable bonds is 3. The van der Waals surface area contributed by atoms with Gasteiger partial charge in [-0.05, 0) is 57.4 Å². The van der Waals surface area contributed by atoms with Crippen LogP contribution in [0, 0.1) is 5.82 Å². The van der Waals surface area contributed by atoms with Gasteiger partial charge in [0, 0.05) is 17.4 Å². The number of hydrogen-bond acceptors (Lipinski definition) is 3. The molecule has 1 aromatic carbocycles. The summed E-state index contributed by atoms with van der Waals surface area (Å²) in [4.78, 5) is 16.8. The van der Waals surface area contributed by atoms with Crippen LogP contribution in [-0.4, -0.2) is 55.4 Å². The third-order valence-electron chi connectivity index (χ3n) is 3.81. The lowest BCUT2D eigenvalue weighted by Crippen LogP contribution is -2.44. The molecule has 1 aliphatic heterocycles. The third-order valence-corrected chi connectivity index (χ3v) is 4.59. The Morgan fingerprint density at radius 3 is 2.90 bits per heavy atom. The van der Waals surface area contributed by atoms with E-state index in [0.717, 1.165) is 36.1 Å². The van der Waals surface area contributed by atoms with Gasteiger partial charge in [0.25, 0.3) is 0 Å². The van der Waals surface area contributed by atoms with Gasteiger partial charge in [-0.1, -0.05) is 15.9 Å². The smallest absolute Gasteiger partial charge is 0.155 e. The van der Waals surface area contributed by atoms with E-state index in [-0.39, 0.29) is 24.1 Å². The molecule has 20 heavy (non-hydrogen) atoms. The van der Waals surface area contributed by atoms with Crippen LogP contribution < -0.4 is 0 Å². The van der Waals surface area contributed by atoms with E-state index in [1.54, 1.807) is 6.07 Å². The molecule has 0 saturated carbocycles. The van der Waals surface area contributed by atoms with Gasteiger partial charge in [-0.15, -0.1) is 0 Å². The number of likely N-dealkylation sites (N-methyl/N-ethyl adjacent to an activating group) is 2. The van der Waals surface area contributed by atoms with E-state index in [1.165, 1.54) is 12.1 Å². The van der Waals surface area contributed by atoms with Gasteiger partial charge in [0.05, 0.1) is 6.04 Å². The largest absolute Gasteiger partial charge is 0.304 e. The van der Waals surface area contributed by atoms with Gasteiger partial charge in [-0.3, -0.25) is 9.69 Å². The molecule has 0 spiro atoms. The molecule has 110 valence electrons. The lowest BCUT2D eigenvalue weighted by Gasteiger charge is -2.26. The van der Waals surface area contributed by atoms with Crippen LogP contribution in [0.4, 0.5) is 4.39 Å². The number of ketones is 1. The summed E-state index contributed by atoms with van der Waals surface area (Å²) >= 11 is 3.38. The summed E-state index contributed by atoms with van der Waals surface area (Å²) in [6.45, 7) is 2.67. The number of Topliss-reactive ketones (excluding diaryl/α,β-unsaturated/α-hetero) is 1. The average Bonchev–Trinajstić information content (AvgIpc) is 2.55. The molecule has 1 fully saturated rings. The Balaban J connectivity index is 2.11. The molecule has 2 rings (SSSR count). The quantitative estimate of drug-likeness (QED) is 0.842. The molecule has 1 saturated heterocycles. The Bertz CT molecular complexity index is 495. The van der Waals surface area contributed by atoms with Crippen molar-refractivity contribution in [2.45, 2.75) is 18.9 Å². The number of carbonyl (C=O) groups is 1. The molecule has 0 aromatic heterocycles. The first-order valence-corrected chi connectivity index (χ1v) is 7.62. The number of hydrogen-bond donors (Lipinski definition) is 0. The van der Waals surface area contributed by atoms with E-state index in [0.29, 0.717) is 0 Å². The predicted octanol–water partition coefficient (Wildman–Crippen LogP) is 2.34. The zero-order valence-corrected chi connectivity index (χ0v) is 13.5. The van der Waals surface area contributed by atoms with E-state index < -0.39 is 0 Å². The first kappa shape index (κ1) is 15.6. The van der Waals surface area contributed by atoms with Gasteiger partial charge in [-0.25, -0.2) is 4.39 Å². The molecule has 0 radical (unpaired) electrons. The van der Waals surface area contributed by atoms with Crippen molar-refractivity contribution in [1.82, 2.24) is 9.80 Å². The Labute approximate surface area is 127 Å². The summed E-state index contributed by atoms with van der Waals surface area (Å²) in [5.74, 6) is -0.158. The van der Waals surface area contributed by atoms with Crippen molar-refractivity contribution in [3.05, 3.63) is 34.1 Å². The number of nitrogens with zero attached hydrogens (tertiary/aromatic N) is 2. The zero-order valence-electron chi connectivity index (χ0n) is 11.9. The number of benzene rings is 1. The molecule has 1 aromatic rings. The Morgan fingerprint density at radius 1 is 1.40 bits per heavy atom. The van der Waals surface area contributed by atoms with Gasteiger partial charge in [-0.2, -0.15) is 0 Å². The molecule has 1 atom stereocenters. The lowest BCUT2D eigenvalue weighted by molar-refractivity contribution is -0.123. The van der Waals surface area contributed by atoms with Gasteiger partial charge in [0.15, 0.2) is 5.78 Å². The van der Waals surface area contributed by atoms with Crippen molar-refractivity contribution < 1.29 is 9.18 Å². The fourth-order valence-corrected chi connectivity index (χ4v) is 2.99. The second-order valence-electron chi connectivity index (χ2n) is 5.49. The maximum absolute atomic E-state index is 13.3. The summed E-state index contributed by atoms with van der Waals surface area (Å²) in [5.41, 5.74) is 0.718. The molecule has 3 nitrogen and oxygen atoms in total. The van der Waals surface area contributed by atoms with E-state index in [9.17, 15) is 9.18 Å². The summed E-state index contributed by atoms with van der Waals surface area (Å²) < 4.78 is 14.1. The molecule has 0 aliphatic carbocycles. The minimum atomic E-state index is -0.303. The molecule has 1 heterocycles. The second kappa shape index (κ2) is 6.78. The van der Waals surface area contributed by atoms with E-state index in [4.69, 9.17) is 0 Å². The van der Waals surface area contributed by atoms with Crippen molar-refractivity contribution in [3.63, 3.8) is 0 Å². The van der Waals surface area contributed by atoms with Crippen LogP contribution in [0.5, 0.6) is 0 Å². The Hall–Kier alpha value is -0.780. The topological polar surface area (TPSA) is 23.6 Å². The SMILES string of the molecule is CN1CCCN(C)C(C(=O)Cc2cc(F)ccc2Br)C1. The molecule has 1 aliphatic rings. The number of carbonyl (C=O) groups excluding carboxylic acids is 1. The van der Waals surface area contributed by atoms with Crippen LogP contribution in [0.1, 0.15) is 12.0 Å². The van der Waals surface area contributed by atoms with Gasteiger partial charge in [0.2, 0.25) is 0 Å². The summed E-state index contributed by atoms with van der Waals surface area (Å²) in [7, 11) is 4.03. The Morgan fingerprint density at radius 2 is 2.15 bits per heavy atom. The maximum atomic E-state index is 13.3. The highest BCUT2D eigenvalue weighted by Crippen LogP contribution is 2.20. The lowest BCUT2D eigenvalue weighted by atomic mass is 10.0. The summed E-state index contributed by atoms with van der Waals surface area (Å²) in [6.07, 6.45) is 1.33. The fraction of sp³-hybridized carbons (Fsp3) is 0.533. The maximum Gasteiger partial charge on any atom is 0.155 e. The van der Waals surface area contributed by atoms with E-state index in [1.807, 2.05) is 14.1 Å². The van der Waals surface area contributed by atoms with Crippen molar-refractivity contribution in [2.75, 3.05) is 33.7 Å². The molecule has 1 unspecified atom stereocenters. The second-order valence-corrected chi connectivity index (χ2v) is 6.35. The fourth-order valence-electron chi connectivity index (χ4n) is 2.60. The minimum absolute atomic E-state index is 0.113. The number of halogens is 2. The van der Waals surface area contributed by atoms with Crippen molar-refractivity contribution in [3.8, 4) is 0 Å². The first-order chi connectivity index (χ1) is 9.47. The van der Waals surface area contributed by atoms with E-state index >= 15 is 0 Å². The molecular weight excluding hydrogens is 323 g/mol.